The van der Waals surface area contributed by atoms with Crippen LogP contribution < -0.4 is 5.43 Å². The molecule has 1 N–H and O–H groups in total. The summed E-state index contributed by atoms with van der Waals surface area (Å²) >= 11 is 0. The molecule has 0 radical (unpaired) electrons. The van der Waals surface area contributed by atoms with Crippen LogP contribution in [0.5, 0.6) is 0 Å². The number of aromatic nitrogens is 3. The summed E-state index contributed by atoms with van der Waals surface area (Å²) in [6.45, 7) is 0. The lowest BCUT2D eigenvalue weighted by Gasteiger charge is -2.00. The predicted octanol–water partition coefficient (Wildman–Crippen LogP) is -0.412. The Morgan fingerprint density at radius 1 is 1.60 bits per heavy atom. The number of nitrogens with one attached hydrogen (secondary N) is 1. The van der Waals surface area contributed by atoms with Gasteiger partial charge in [0.25, 0.3) is 0 Å². The largest absolute Gasteiger partial charge is 0.452 e. The molecule has 0 saturated carbocycles. The first-order valence-electron chi connectivity index (χ1n) is 2.52. The fraction of sp³-hybridized carbons (Fsp3) is 0.250. The molecule has 0 saturated heterocycles. The highest BCUT2D eigenvalue weighted by atomic mass is 16.5. The Balaban J connectivity index is 2.48. The van der Waals surface area contributed by atoms with Crippen LogP contribution in [0.3, 0.4) is 0 Å². The number of nitrogens with zero attached hydrogens (tertiary/aromatic N) is 3. The van der Waals surface area contributed by atoms with Gasteiger partial charge in [-0.3, -0.25) is 0 Å². The summed E-state index contributed by atoms with van der Waals surface area (Å²) in [5, 5.41) is 6.90. The molecule has 1 amide bonds. The molecule has 1 heterocycles. The van der Waals surface area contributed by atoms with Crippen LogP contribution in [0, 0.1) is 0 Å². The first kappa shape index (κ1) is 6.53. The van der Waals surface area contributed by atoms with Gasteiger partial charge in [0.05, 0.1) is 7.11 Å². The van der Waals surface area contributed by atoms with Gasteiger partial charge in [-0.25, -0.2) is 14.9 Å². The van der Waals surface area contributed by atoms with Crippen LogP contribution in [0.25, 0.3) is 0 Å². The molecular formula is C4H6N4O2. The monoisotopic (exact) mass is 142 g/mol. The Bertz CT molecular complexity index is 207. The third-order valence-electron chi connectivity index (χ3n) is 0.825. The van der Waals surface area contributed by atoms with Gasteiger partial charge < -0.3 is 4.74 Å². The number of ether oxygens (including phenoxy) is 1. The van der Waals surface area contributed by atoms with Gasteiger partial charge in [-0.15, -0.1) is 10.2 Å². The van der Waals surface area contributed by atoms with E-state index in [1.54, 1.807) is 0 Å². The molecule has 0 aliphatic heterocycles. The van der Waals surface area contributed by atoms with Crippen LogP contribution in [0.4, 0.5) is 4.79 Å². The van der Waals surface area contributed by atoms with Crippen LogP contribution in [0.15, 0.2) is 12.7 Å². The molecule has 0 aliphatic carbocycles. The maximum Gasteiger partial charge on any atom is 0.426 e. The van der Waals surface area contributed by atoms with Crippen molar-refractivity contribution >= 4 is 6.09 Å². The zero-order valence-corrected chi connectivity index (χ0v) is 5.31. The normalized spacial score (nSPS) is 8.90. The van der Waals surface area contributed by atoms with Crippen molar-refractivity contribution in [3.05, 3.63) is 12.7 Å². The van der Waals surface area contributed by atoms with E-state index < -0.39 is 6.09 Å². The first-order chi connectivity index (χ1) is 4.83. The van der Waals surface area contributed by atoms with Crippen LogP contribution in [0.2, 0.25) is 0 Å². The second-order valence-corrected chi connectivity index (χ2v) is 1.47. The third kappa shape index (κ3) is 1.44. The molecule has 1 aromatic heterocycles. The summed E-state index contributed by atoms with van der Waals surface area (Å²) < 4.78 is 5.58. The smallest absolute Gasteiger partial charge is 0.426 e. The van der Waals surface area contributed by atoms with Gasteiger partial charge in [0.2, 0.25) is 0 Å². The molecule has 0 spiro atoms. The molecule has 0 bridgehead atoms. The lowest BCUT2D eigenvalue weighted by molar-refractivity contribution is 0.183. The van der Waals surface area contributed by atoms with Crippen molar-refractivity contribution in [3.63, 3.8) is 0 Å². The Kier molecular flexibility index (Phi) is 1.83. The van der Waals surface area contributed by atoms with Crippen molar-refractivity contribution in [1.29, 1.82) is 0 Å². The lowest BCUT2D eigenvalue weighted by Crippen LogP contribution is -2.20. The molecule has 1 rings (SSSR count). The Morgan fingerprint density at radius 3 is 2.70 bits per heavy atom. The SMILES string of the molecule is COC(=O)Nn1cnnc1. The molecule has 10 heavy (non-hydrogen) atoms. The van der Waals surface area contributed by atoms with E-state index in [1.165, 1.54) is 24.4 Å². The number of amides is 1. The molecule has 0 unspecified atom stereocenters. The van der Waals surface area contributed by atoms with Crippen LogP contribution in [-0.2, 0) is 4.74 Å². The van der Waals surface area contributed by atoms with Crippen LogP contribution in [-0.4, -0.2) is 28.1 Å². The minimum atomic E-state index is -0.556. The van der Waals surface area contributed by atoms with E-state index in [0.717, 1.165) is 0 Å². The Morgan fingerprint density at radius 2 is 2.20 bits per heavy atom. The number of rotatable bonds is 1. The fourth-order valence-electron chi connectivity index (χ4n) is 0.409. The van der Waals surface area contributed by atoms with Crippen molar-refractivity contribution in [2.75, 3.05) is 12.5 Å². The molecule has 1 aromatic rings. The fourth-order valence-corrected chi connectivity index (χ4v) is 0.409. The summed E-state index contributed by atoms with van der Waals surface area (Å²) in [7, 11) is 1.28. The minimum Gasteiger partial charge on any atom is -0.452 e. The first-order valence-corrected chi connectivity index (χ1v) is 2.52. The van der Waals surface area contributed by atoms with E-state index in [1.807, 2.05) is 0 Å². The molecule has 0 aromatic carbocycles. The maximum atomic E-state index is 10.5. The highest BCUT2D eigenvalue weighted by molar-refractivity contribution is 5.75. The zero-order valence-electron chi connectivity index (χ0n) is 5.31. The van der Waals surface area contributed by atoms with Gasteiger partial charge in [-0.1, -0.05) is 0 Å². The van der Waals surface area contributed by atoms with Crippen molar-refractivity contribution < 1.29 is 9.53 Å². The third-order valence-corrected chi connectivity index (χ3v) is 0.825. The molecule has 0 aliphatic rings. The topological polar surface area (TPSA) is 69.0 Å². The second-order valence-electron chi connectivity index (χ2n) is 1.47. The summed E-state index contributed by atoms with van der Waals surface area (Å²) in [6.07, 6.45) is 2.13. The van der Waals surface area contributed by atoms with Crippen LogP contribution in [0.1, 0.15) is 0 Å². The van der Waals surface area contributed by atoms with Gasteiger partial charge in [-0.05, 0) is 0 Å². The number of hydrogen-bond donors (Lipinski definition) is 1. The van der Waals surface area contributed by atoms with Gasteiger partial charge in [0, 0.05) is 0 Å². The van der Waals surface area contributed by atoms with E-state index in [0.29, 0.717) is 0 Å². The summed E-state index contributed by atoms with van der Waals surface area (Å²) in [5.74, 6) is 0. The minimum absolute atomic E-state index is 0.556. The average Bonchev–Trinajstić information content (AvgIpc) is 2.40. The average molecular weight is 142 g/mol. The standard InChI is InChI=1S/C4H6N4O2/c1-10-4(9)7-8-2-5-6-3-8/h2-3H,1H3,(H,7,9). The molecule has 0 atom stereocenters. The maximum absolute atomic E-state index is 10.5. The number of carbonyl (C=O) groups is 1. The van der Waals surface area contributed by atoms with Gasteiger partial charge in [0.15, 0.2) is 0 Å². The van der Waals surface area contributed by atoms with Crippen molar-refractivity contribution in [3.8, 4) is 0 Å². The van der Waals surface area contributed by atoms with Gasteiger partial charge >= 0.3 is 6.09 Å². The number of methoxy groups -OCH3 is 1. The quantitative estimate of drug-likeness (QED) is 0.578. The summed E-state index contributed by atoms with van der Waals surface area (Å²) in [6, 6.07) is 0. The van der Waals surface area contributed by atoms with E-state index in [-0.39, 0.29) is 0 Å². The second kappa shape index (κ2) is 2.81. The molecule has 54 valence electrons. The molecule has 6 nitrogen and oxygen atoms in total. The summed E-state index contributed by atoms with van der Waals surface area (Å²) in [5.41, 5.74) is 2.30. The number of hydrogen-bond acceptors (Lipinski definition) is 4. The van der Waals surface area contributed by atoms with E-state index >= 15 is 0 Å². The highest BCUT2D eigenvalue weighted by Gasteiger charge is 1.96. The van der Waals surface area contributed by atoms with E-state index in [4.69, 9.17) is 0 Å². The van der Waals surface area contributed by atoms with E-state index in [9.17, 15) is 4.79 Å². The summed E-state index contributed by atoms with van der Waals surface area (Å²) in [4.78, 5) is 10.5. The van der Waals surface area contributed by atoms with Crippen LogP contribution >= 0.6 is 0 Å². The van der Waals surface area contributed by atoms with Crippen molar-refractivity contribution in [2.24, 2.45) is 0 Å². The van der Waals surface area contributed by atoms with E-state index in [2.05, 4.69) is 20.4 Å². The Hall–Kier alpha value is -1.59. The molecule has 0 fully saturated rings. The van der Waals surface area contributed by atoms with Crippen molar-refractivity contribution in [1.82, 2.24) is 14.9 Å². The predicted molar refractivity (Wildman–Crippen MR) is 31.8 cm³/mol. The number of carbonyl (C=O) groups excluding carboxylic acids is 1. The zero-order chi connectivity index (χ0) is 7.40. The molecule has 6 heteroatoms. The molecular weight excluding hydrogens is 136 g/mol. The van der Waals surface area contributed by atoms with Gasteiger partial charge in [-0.2, -0.15) is 0 Å². The highest BCUT2D eigenvalue weighted by Crippen LogP contribution is 1.77. The van der Waals surface area contributed by atoms with Gasteiger partial charge in [0.1, 0.15) is 12.7 Å². The Labute approximate surface area is 56.8 Å². The van der Waals surface area contributed by atoms with Crippen molar-refractivity contribution in [2.45, 2.75) is 0 Å². The lowest BCUT2D eigenvalue weighted by atomic mass is 11.1.